The predicted octanol–water partition coefficient (Wildman–Crippen LogP) is 4.67. The van der Waals surface area contributed by atoms with Crippen molar-refractivity contribution in [2.75, 3.05) is 13.2 Å². The number of carboxylic acids is 1. The van der Waals surface area contributed by atoms with Crippen LogP contribution in [0, 0.1) is 17.8 Å². The summed E-state index contributed by atoms with van der Waals surface area (Å²) in [5.74, 6) is -2.99. The summed E-state index contributed by atoms with van der Waals surface area (Å²) in [5, 5.41) is 9.63. The van der Waals surface area contributed by atoms with Gasteiger partial charge in [-0.05, 0) is 55.2 Å². The van der Waals surface area contributed by atoms with Gasteiger partial charge in [0.15, 0.2) is 11.5 Å². The number of ether oxygens (including phenoxy) is 4. The van der Waals surface area contributed by atoms with Crippen LogP contribution in [0.3, 0.4) is 0 Å². The predicted molar refractivity (Wildman–Crippen MR) is 136 cm³/mol. The second-order valence-corrected chi connectivity index (χ2v) is 9.88. The molecule has 10 heteroatoms. The van der Waals surface area contributed by atoms with E-state index in [1.54, 1.807) is 19.9 Å². The largest absolute Gasteiger partial charge is 0.508 e. The summed E-state index contributed by atoms with van der Waals surface area (Å²) in [5.41, 5.74) is 6.43. The Hall–Kier alpha value is -3.14. The van der Waals surface area contributed by atoms with Crippen LogP contribution in [0.2, 0.25) is 0 Å². The molecule has 2 unspecified atom stereocenters. The van der Waals surface area contributed by atoms with Crippen LogP contribution in [0.1, 0.15) is 78.7 Å². The number of carboxylic acid groups (broad SMARTS) is 1. The van der Waals surface area contributed by atoms with E-state index < -0.39 is 41.9 Å². The van der Waals surface area contributed by atoms with Crippen molar-refractivity contribution >= 4 is 24.1 Å². The molecule has 0 aromatic heterocycles. The average Bonchev–Trinajstić information content (AvgIpc) is 2.81. The fraction of sp³-hybridized carbons (Fsp3) is 0.630. The summed E-state index contributed by atoms with van der Waals surface area (Å²) in [4.78, 5) is 48.3. The molecule has 0 aliphatic carbocycles. The summed E-state index contributed by atoms with van der Waals surface area (Å²) in [6.45, 7) is 11.2. The Bertz CT molecular complexity index is 913. The minimum absolute atomic E-state index is 0.00903. The van der Waals surface area contributed by atoms with Crippen molar-refractivity contribution in [3.8, 4) is 11.5 Å². The van der Waals surface area contributed by atoms with Crippen LogP contribution in [0.5, 0.6) is 11.5 Å². The molecular formula is C27H41NO9. The molecule has 0 heterocycles. The monoisotopic (exact) mass is 523 g/mol. The molecule has 0 fully saturated rings. The van der Waals surface area contributed by atoms with E-state index in [2.05, 4.69) is 0 Å². The number of hydrogen-bond donors (Lipinski definition) is 2. The molecule has 10 nitrogen and oxygen atoms in total. The normalized spacial score (nSPS) is 13.5. The van der Waals surface area contributed by atoms with E-state index in [0.717, 1.165) is 0 Å². The van der Waals surface area contributed by atoms with Gasteiger partial charge < -0.3 is 29.8 Å². The number of esters is 2. The zero-order valence-electron chi connectivity index (χ0n) is 22.7. The first-order valence-corrected chi connectivity index (χ1v) is 12.7. The van der Waals surface area contributed by atoms with Crippen LogP contribution in [0.4, 0.5) is 4.79 Å². The molecular weight excluding hydrogens is 482 g/mol. The molecule has 3 atom stereocenters. The van der Waals surface area contributed by atoms with Gasteiger partial charge >= 0.3 is 24.1 Å². The maximum atomic E-state index is 12.5. The summed E-state index contributed by atoms with van der Waals surface area (Å²) in [6.07, 6.45) is 0.713. The Balaban J connectivity index is 3.32. The lowest BCUT2D eigenvalue weighted by atomic mass is 9.82. The Morgan fingerprint density at radius 1 is 0.865 bits per heavy atom. The second kappa shape index (κ2) is 15.9. The minimum atomic E-state index is -1.36. The Morgan fingerprint density at radius 3 is 1.89 bits per heavy atom. The highest BCUT2D eigenvalue weighted by atomic mass is 16.7. The first-order chi connectivity index (χ1) is 17.3. The van der Waals surface area contributed by atoms with Gasteiger partial charge in [0.1, 0.15) is 6.04 Å². The van der Waals surface area contributed by atoms with Crippen LogP contribution in [-0.4, -0.2) is 48.4 Å². The molecule has 0 spiro atoms. The van der Waals surface area contributed by atoms with Crippen molar-refractivity contribution in [3.63, 3.8) is 0 Å². The van der Waals surface area contributed by atoms with E-state index in [9.17, 15) is 24.3 Å². The zero-order valence-corrected chi connectivity index (χ0v) is 22.7. The van der Waals surface area contributed by atoms with Crippen molar-refractivity contribution in [2.24, 2.45) is 23.5 Å². The first kappa shape index (κ1) is 31.9. The van der Waals surface area contributed by atoms with E-state index in [1.165, 1.54) is 12.1 Å². The smallest absolute Gasteiger partial charge is 0.480 e. The molecule has 0 bridgehead atoms. The van der Waals surface area contributed by atoms with E-state index >= 15 is 0 Å². The van der Waals surface area contributed by atoms with Crippen LogP contribution in [0.25, 0.3) is 0 Å². The van der Waals surface area contributed by atoms with Crippen molar-refractivity contribution in [1.82, 2.24) is 0 Å². The van der Waals surface area contributed by atoms with Gasteiger partial charge in [0, 0.05) is 18.8 Å². The van der Waals surface area contributed by atoms with E-state index in [1.807, 2.05) is 27.7 Å². The molecule has 0 aliphatic rings. The van der Waals surface area contributed by atoms with Gasteiger partial charge in [-0.2, -0.15) is 0 Å². The molecule has 37 heavy (non-hydrogen) atoms. The standard InChI is InChI=1S/C27H41NO9/c1-7-34-27(33)35-15-18(6)24(25(28)26(31)32)19-10-11-20(36-22(29)12-8-16(2)3)21(14-19)37-23(30)13-9-17(4)5/h10-11,14,16-18,24-25H,7-9,12-13,15,28H2,1-6H3,(H,31,32)/t18?,24?,25-/m0/s1. The number of hydrogen-bond acceptors (Lipinski definition) is 9. The van der Waals surface area contributed by atoms with Crippen LogP contribution in [-0.2, 0) is 23.9 Å². The summed E-state index contributed by atoms with van der Waals surface area (Å²) >= 11 is 0. The molecule has 1 aromatic rings. The number of rotatable bonds is 15. The fourth-order valence-electron chi connectivity index (χ4n) is 3.56. The average molecular weight is 524 g/mol. The lowest BCUT2D eigenvalue weighted by molar-refractivity contribution is -0.139. The maximum Gasteiger partial charge on any atom is 0.508 e. The van der Waals surface area contributed by atoms with Gasteiger partial charge in [-0.1, -0.05) is 40.7 Å². The SMILES string of the molecule is CCOC(=O)OCC(C)C(c1ccc(OC(=O)CCC(C)C)c(OC(=O)CCC(C)C)c1)[C@H](N)C(=O)O. The Morgan fingerprint density at radius 2 is 1.41 bits per heavy atom. The molecule has 0 aliphatic heterocycles. The summed E-state index contributed by atoms with van der Waals surface area (Å²) < 4.78 is 20.9. The van der Waals surface area contributed by atoms with Gasteiger partial charge in [-0.3, -0.25) is 14.4 Å². The van der Waals surface area contributed by atoms with Crippen molar-refractivity contribution in [1.29, 1.82) is 0 Å². The van der Waals surface area contributed by atoms with Crippen LogP contribution >= 0.6 is 0 Å². The third-order valence-electron chi connectivity index (χ3n) is 5.66. The van der Waals surface area contributed by atoms with Crippen LogP contribution < -0.4 is 15.2 Å². The van der Waals surface area contributed by atoms with E-state index in [4.69, 9.17) is 24.7 Å². The highest BCUT2D eigenvalue weighted by molar-refractivity contribution is 5.77. The van der Waals surface area contributed by atoms with Crippen LogP contribution in [0.15, 0.2) is 18.2 Å². The molecule has 0 saturated heterocycles. The van der Waals surface area contributed by atoms with Gasteiger partial charge in [0.25, 0.3) is 0 Å². The van der Waals surface area contributed by atoms with E-state index in [-0.39, 0.29) is 43.5 Å². The Kier molecular flexibility index (Phi) is 13.7. The van der Waals surface area contributed by atoms with Crippen molar-refractivity contribution < 1.29 is 43.2 Å². The highest BCUT2D eigenvalue weighted by Crippen LogP contribution is 2.36. The second-order valence-electron chi connectivity index (χ2n) is 9.88. The molecule has 0 radical (unpaired) electrons. The maximum absolute atomic E-state index is 12.5. The van der Waals surface area contributed by atoms with Gasteiger partial charge in [0.2, 0.25) is 0 Å². The quantitative estimate of drug-likeness (QED) is 0.245. The number of carbonyl (C=O) groups is 4. The molecule has 3 N–H and O–H groups in total. The summed E-state index contributed by atoms with van der Waals surface area (Å²) in [7, 11) is 0. The molecule has 1 aromatic carbocycles. The van der Waals surface area contributed by atoms with E-state index in [0.29, 0.717) is 24.3 Å². The minimum Gasteiger partial charge on any atom is -0.480 e. The molecule has 1 rings (SSSR count). The Labute approximate surface area is 218 Å². The number of carbonyl (C=O) groups excluding carboxylic acids is 3. The third-order valence-corrected chi connectivity index (χ3v) is 5.66. The topological polar surface area (TPSA) is 151 Å². The first-order valence-electron chi connectivity index (χ1n) is 12.7. The summed E-state index contributed by atoms with van der Waals surface area (Å²) in [6, 6.07) is 3.11. The lowest BCUT2D eigenvalue weighted by Gasteiger charge is -2.28. The van der Waals surface area contributed by atoms with Gasteiger partial charge in [0.05, 0.1) is 13.2 Å². The molecule has 0 saturated carbocycles. The molecule has 208 valence electrons. The third kappa shape index (κ3) is 11.6. The fourth-order valence-corrected chi connectivity index (χ4v) is 3.56. The van der Waals surface area contributed by atoms with Gasteiger partial charge in [-0.25, -0.2) is 4.79 Å². The van der Waals surface area contributed by atoms with Crippen molar-refractivity contribution in [3.05, 3.63) is 23.8 Å². The molecule has 0 amide bonds. The van der Waals surface area contributed by atoms with Gasteiger partial charge in [-0.15, -0.1) is 0 Å². The number of nitrogens with two attached hydrogens (primary N) is 1. The number of benzene rings is 1. The highest BCUT2D eigenvalue weighted by Gasteiger charge is 2.33. The van der Waals surface area contributed by atoms with Crippen molar-refractivity contribution in [2.45, 2.75) is 79.2 Å². The lowest BCUT2D eigenvalue weighted by Crippen LogP contribution is -2.40. The zero-order chi connectivity index (χ0) is 28.1. The number of aliphatic carboxylic acids is 1.